The SMILES string of the molecule is N#C/C(F)=C/CC[C@H]1CC[C@H](OC(=O)c2ccc(F)cc2)CC1. The average Bonchev–Trinajstić information content (AvgIpc) is 2.56. The number of carbonyl (C=O) groups excluding carboxylic acids is 1. The highest BCUT2D eigenvalue weighted by molar-refractivity contribution is 5.89. The predicted molar refractivity (Wildman–Crippen MR) is 81.6 cm³/mol. The van der Waals surface area contributed by atoms with E-state index in [1.807, 2.05) is 0 Å². The second kappa shape index (κ2) is 8.42. The second-order valence-electron chi connectivity index (χ2n) is 5.80. The molecule has 23 heavy (non-hydrogen) atoms. The number of nitriles is 1. The van der Waals surface area contributed by atoms with Crippen molar-refractivity contribution in [1.82, 2.24) is 0 Å². The number of esters is 1. The quantitative estimate of drug-likeness (QED) is 0.584. The third-order valence-electron chi connectivity index (χ3n) is 4.15. The number of rotatable bonds is 5. The topological polar surface area (TPSA) is 50.1 Å². The van der Waals surface area contributed by atoms with Crippen molar-refractivity contribution < 1.29 is 18.3 Å². The summed E-state index contributed by atoms with van der Waals surface area (Å²) in [6.45, 7) is 0. The summed E-state index contributed by atoms with van der Waals surface area (Å²) in [6, 6.07) is 6.77. The minimum atomic E-state index is -0.730. The minimum Gasteiger partial charge on any atom is -0.459 e. The molecule has 0 spiro atoms. The van der Waals surface area contributed by atoms with E-state index in [4.69, 9.17) is 10.00 Å². The van der Waals surface area contributed by atoms with Crippen molar-refractivity contribution >= 4 is 5.97 Å². The number of nitrogens with zero attached hydrogens (tertiary/aromatic N) is 1. The molecule has 0 unspecified atom stereocenters. The standard InChI is InChI=1S/C18H19F2NO2/c19-15-8-6-14(7-9-15)18(22)23-17-10-4-13(5-11-17)2-1-3-16(20)12-21/h3,6-9,13,17H,1-2,4-5,10-11H2/b16-3-/t13-,17-. The number of carbonyl (C=O) groups is 1. The maximum Gasteiger partial charge on any atom is 0.338 e. The first-order valence-corrected chi connectivity index (χ1v) is 7.81. The van der Waals surface area contributed by atoms with Crippen LogP contribution in [0.15, 0.2) is 36.2 Å². The molecular weight excluding hydrogens is 300 g/mol. The Kier molecular flexibility index (Phi) is 6.28. The summed E-state index contributed by atoms with van der Waals surface area (Å²) in [5.41, 5.74) is 0.352. The van der Waals surface area contributed by atoms with E-state index in [1.165, 1.54) is 36.4 Å². The first kappa shape index (κ1) is 17.1. The Bertz CT molecular complexity index is 596. The number of hydrogen-bond donors (Lipinski definition) is 0. The van der Waals surface area contributed by atoms with Gasteiger partial charge in [-0.05, 0) is 74.8 Å². The molecule has 0 N–H and O–H groups in total. The lowest BCUT2D eigenvalue weighted by molar-refractivity contribution is 0.0162. The fourth-order valence-corrected chi connectivity index (χ4v) is 2.84. The van der Waals surface area contributed by atoms with Gasteiger partial charge in [0, 0.05) is 0 Å². The van der Waals surface area contributed by atoms with Crippen LogP contribution in [0.25, 0.3) is 0 Å². The molecule has 2 rings (SSSR count). The summed E-state index contributed by atoms with van der Waals surface area (Å²) in [5.74, 6) is -1.07. The van der Waals surface area contributed by atoms with Crippen molar-refractivity contribution in [3.05, 3.63) is 47.5 Å². The second-order valence-corrected chi connectivity index (χ2v) is 5.80. The molecule has 0 aliphatic heterocycles. The van der Waals surface area contributed by atoms with Gasteiger partial charge in [-0.2, -0.15) is 9.65 Å². The summed E-state index contributed by atoms with van der Waals surface area (Å²) < 4.78 is 31.0. The molecule has 0 amide bonds. The fraction of sp³-hybridized carbons (Fsp3) is 0.444. The molecule has 1 aliphatic rings. The van der Waals surface area contributed by atoms with Gasteiger partial charge in [0.15, 0.2) is 5.83 Å². The molecule has 1 aromatic carbocycles. The molecule has 0 heterocycles. The van der Waals surface area contributed by atoms with Gasteiger partial charge in [0.05, 0.1) is 5.56 Å². The maximum atomic E-state index is 12.8. The fourth-order valence-electron chi connectivity index (χ4n) is 2.84. The number of allylic oxidation sites excluding steroid dienone is 2. The van der Waals surface area contributed by atoms with Crippen LogP contribution in [0.1, 0.15) is 48.9 Å². The van der Waals surface area contributed by atoms with E-state index in [-0.39, 0.29) is 11.9 Å². The largest absolute Gasteiger partial charge is 0.459 e. The number of benzene rings is 1. The molecule has 122 valence electrons. The maximum absolute atomic E-state index is 12.8. The molecular formula is C18H19F2NO2. The molecule has 0 aromatic heterocycles. The first-order valence-electron chi connectivity index (χ1n) is 7.81. The molecule has 0 atom stereocenters. The summed E-state index contributed by atoms with van der Waals surface area (Å²) >= 11 is 0. The van der Waals surface area contributed by atoms with Crippen molar-refractivity contribution in [2.45, 2.75) is 44.6 Å². The molecule has 1 aromatic rings. The van der Waals surface area contributed by atoms with E-state index in [1.54, 1.807) is 0 Å². The van der Waals surface area contributed by atoms with E-state index in [2.05, 4.69) is 0 Å². The lowest BCUT2D eigenvalue weighted by Gasteiger charge is -2.28. The van der Waals surface area contributed by atoms with Crippen LogP contribution < -0.4 is 0 Å². The highest BCUT2D eigenvalue weighted by Crippen LogP contribution is 2.30. The molecule has 0 radical (unpaired) electrons. The number of hydrogen-bond acceptors (Lipinski definition) is 3. The summed E-state index contributed by atoms with van der Waals surface area (Å²) in [6.07, 6.45) is 6.00. The molecule has 5 heteroatoms. The third-order valence-corrected chi connectivity index (χ3v) is 4.15. The van der Waals surface area contributed by atoms with Gasteiger partial charge in [0.1, 0.15) is 18.0 Å². The van der Waals surface area contributed by atoms with Gasteiger partial charge in [-0.1, -0.05) is 0 Å². The van der Waals surface area contributed by atoms with Crippen LogP contribution in [0.3, 0.4) is 0 Å². The predicted octanol–water partition coefficient (Wildman–Crippen LogP) is 4.70. The zero-order chi connectivity index (χ0) is 16.7. The number of halogens is 2. The first-order chi connectivity index (χ1) is 11.1. The Morgan fingerprint density at radius 3 is 2.52 bits per heavy atom. The van der Waals surface area contributed by atoms with Crippen LogP contribution >= 0.6 is 0 Å². The van der Waals surface area contributed by atoms with Crippen LogP contribution in [0.2, 0.25) is 0 Å². The highest BCUT2D eigenvalue weighted by Gasteiger charge is 2.24. The van der Waals surface area contributed by atoms with Crippen LogP contribution in [0.4, 0.5) is 8.78 Å². The Morgan fingerprint density at radius 2 is 1.91 bits per heavy atom. The minimum absolute atomic E-state index is 0.116. The van der Waals surface area contributed by atoms with Crippen LogP contribution in [-0.4, -0.2) is 12.1 Å². The van der Waals surface area contributed by atoms with Crippen molar-refractivity contribution in [3.8, 4) is 6.07 Å². The molecule has 1 fully saturated rings. The lowest BCUT2D eigenvalue weighted by atomic mass is 9.84. The molecule has 0 bridgehead atoms. The van der Waals surface area contributed by atoms with Crippen molar-refractivity contribution in [1.29, 1.82) is 5.26 Å². The zero-order valence-corrected chi connectivity index (χ0v) is 12.8. The van der Waals surface area contributed by atoms with Gasteiger partial charge < -0.3 is 4.74 Å². The summed E-state index contributed by atoms with van der Waals surface area (Å²) in [4.78, 5) is 12.0. The van der Waals surface area contributed by atoms with Gasteiger partial charge in [0.25, 0.3) is 0 Å². The molecule has 1 saturated carbocycles. The molecule has 0 saturated heterocycles. The van der Waals surface area contributed by atoms with Crippen molar-refractivity contribution in [3.63, 3.8) is 0 Å². The average molecular weight is 319 g/mol. The lowest BCUT2D eigenvalue weighted by Crippen LogP contribution is -2.24. The molecule has 1 aliphatic carbocycles. The normalized spacial score (nSPS) is 21.5. The van der Waals surface area contributed by atoms with E-state index in [9.17, 15) is 13.6 Å². The Hall–Kier alpha value is -2.22. The van der Waals surface area contributed by atoms with Crippen molar-refractivity contribution in [2.75, 3.05) is 0 Å². The smallest absolute Gasteiger partial charge is 0.338 e. The van der Waals surface area contributed by atoms with Gasteiger partial charge in [0.2, 0.25) is 0 Å². The van der Waals surface area contributed by atoms with Gasteiger partial charge in [-0.25, -0.2) is 9.18 Å². The van der Waals surface area contributed by atoms with Gasteiger partial charge in [-0.15, -0.1) is 0 Å². The van der Waals surface area contributed by atoms with Crippen LogP contribution in [0, 0.1) is 23.1 Å². The highest BCUT2D eigenvalue weighted by atomic mass is 19.1. The summed E-state index contributed by atoms with van der Waals surface area (Å²) in [5, 5.41) is 8.34. The zero-order valence-electron chi connectivity index (χ0n) is 12.8. The Balaban J connectivity index is 1.73. The van der Waals surface area contributed by atoms with E-state index in [0.717, 1.165) is 32.1 Å². The van der Waals surface area contributed by atoms with Gasteiger partial charge in [-0.3, -0.25) is 0 Å². The molecule has 3 nitrogen and oxygen atoms in total. The number of ether oxygens (including phenoxy) is 1. The van der Waals surface area contributed by atoms with E-state index >= 15 is 0 Å². The summed E-state index contributed by atoms with van der Waals surface area (Å²) in [7, 11) is 0. The van der Waals surface area contributed by atoms with Crippen molar-refractivity contribution in [2.24, 2.45) is 5.92 Å². The van der Waals surface area contributed by atoms with Crippen LogP contribution in [-0.2, 0) is 4.74 Å². The van der Waals surface area contributed by atoms with Crippen LogP contribution in [0.5, 0.6) is 0 Å². The Labute approximate surface area is 134 Å². The van der Waals surface area contributed by atoms with Gasteiger partial charge >= 0.3 is 5.97 Å². The van der Waals surface area contributed by atoms with E-state index in [0.29, 0.717) is 17.9 Å². The van der Waals surface area contributed by atoms with E-state index < -0.39 is 11.8 Å². The Morgan fingerprint density at radius 1 is 1.26 bits per heavy atom. The monoisotopic (exact) mass is 319 g/mol. The third kappa shape index (κ3) is 5.48.